The number of aliphatic hydroxyl groups excluding tert-OH is 8. The van der Waals surface area contributed by atoms with E-state index >= 15 is 0 Å². The van der Waals surface area contributed by atoms with Crippen LogP contribution in [-0.4, -0.2) is 225 Å². The summed E-state index contributed by atoms with van der Waals surface area (Å²) in [7, 11) is 0. The van der Waals surface area contributed by atoms with Crippen LogP contribution >= 0.6 is 0 Å². The van der Waals surface area contributed by atoms with E-state index in [-0.39, 0.29) is 89.1 Å². The lowest BCUT2D eigenvalue weighted by atomic mass is 9.99. The second-order valence-corrected chi connectivity index (χ2v) is 18.4. The van der Waals surface area contributed by atoms with Crippen molar-refractivity contribution in [1.29, 1.82) is 0 Å². The number of carbonyl (C=O) groups excluding carboxylic acids is 6. The van der Waals surface area contributed by atoms with Gasteiger partial charge in [0.2, 0.25) is 29.5 Å². The Hall–Kier alpha value is -4.19. The SMILES string of the molecule is CC(C)(C)OC(=O)C(CCC(=O)NCCCC(=O)NCCCCCC(=O)N(CCO[C@H]1O[C@H](CO)[C@@H](O)[C@H](O)[C@@H]1O)CCO[C@H]1O[C@H](CO)[C@@H](O)[C@H](O)[C@@H]1O)NC(=O)CNC(=O)CCCCCCC(=O)O. The first-order chi connectivity index (χ1) is 33.6. The quantitative estimate of drug-likeness (QED) is 0.0217. The summed E-state index contributed by atoms with van der Waals surface area (Å²) < 4.78 is 27.2. The Labute approximate surface area is 413 Å². The second-order valence-electron chi connectivity index (χ2n) is 18.4. The normalized spacial score (nSPS) is 24.8. The van der Waals surface area contributed by atoms with Gasteiger partial charge >= 0.3 is 11.9 Å². The third kappa shape index (κ3) is 24.9. The lowest BCUT2D eigenvalue weighted by molar-refractivity contribution is -0.303. The Morgan fingerprint density at radius 1 is 0.563 bits per heavy atom. The van der Waals surface area contributed by atoms with Crippen LogP contribution in [0.25, 0.3) is 0 Å². The first-order valence-corrected chi connectivity index (χ1v) is 24.2. The third-order valence-electron chi connectivity index (χ3n) is 11.3. The number of aliphatic hydroxyl groups is 8. The van der Waals surface area contributed by atoms with Gasteiger partial charge in [-0.15, -0.1) is 0 Å². The van der Waals surface area contributed by atoms with Gasteiger partial charge in [0.25, 0.3) is 0 Å². The van der Waals surface area contributed by atoms with Crippen molar-refractivity contribution in [2.24, 2.45) is 0 Å². The minimum atomic E-state index is -1.67. The summed E-state index contributed by atoms with van der Waals surface area (Å²) >= 11 is 0. The zero-order valence-electron chi connectivity index (χ0n) is 41.0. The molecule has 5 amide bonds. The van der Waals surface area contributed by atoms with Crippen molar-refractivity contribution in [2.45, 2.75) is 184 Å². The van der Waals surface area contributed by atoms with Crippen molar-refractivity contribution in [1.82, 2.24) is 26.2 Å². The van der Waals surface area contributed by atoms with Gasteiger partial charge in [0, 0.05) is 58.3 Å². The van der Waals surface area contributed by atoms with Crippen molar-refractivity contribution in [3.8, 4) is 0 Å². The largest absolute Gasteiger partial charge is 0.481 e. The maximum absolute atomic E-state index is 13.3. The van der Waals surface area contributed by atoms with E-state index in [1.54, 1.807) is 20.8 Å². The van der Waals surface area contributed by atoms with Crippen molar-refractivity contribution in [3.05, 3.63) is 0 Å². The number of amides is 5. The highest BCUT2D eigenvalue weighted by Gasteiger charge is 2.45. The van der Waals surface area contributed by atoms with Gasteiger partial charge in [0.05, 0.1) is 33.0 Å². The number of carboxylic acid groups (broad SMARTS) is 1. The number of carbonyl (C=O) groups is 7. The molecule has 0 bridgehead atoms. The molecule has 26 heteroatoms. The topological polar surface area (TPSA) is 399 Å². The molecule has 0 saturated carbocycles. The number of esters is 1. The molecule has 2 aliphatic rings. The van der Waals surface area contributed by atoms with Crippen LogP contribution in [0.15, 0.2) is 0 Å². The van der Waals surface area contributed by atoms with Gasteiger partial charge in [-0.25, -0.2) is 4.79 Å². The van der Waals surface area contributed by atoms with Crippen LogP contribution in [0.1, 0.15) is 111 Å². The average Bonchev–Trinajstić information content (AvgIpc) is 3.31. The number of ether oxygens (including phenoxy) is 5. The average molecular weight is 1030 g/mol. The van der Waals surface area contributed by atoms with Crippen LogP contribution in [0.4, 0.5) is 0 Å². The minimum absolute atomic E-state index is 0.0533. The number of nitrogens with zero attached hydrogens (tertiary/aromatic N) is 1. The minimum Gasteiger partial charge on any atom is -0.481 e. The highest BCUT2D eigenvalue weighted by atomic mass is 16.7. The van der Waals surface area contributed by atoms with E-state index in [0.717, 1.165) is 0 Å². The van der Waals surface area contributed by atoms with E-state index in [2.05, 4.69) is 21.3 Å². The van der Waals surface area contributed by atoms with Gasteiger partial charge in [0.15, 0.2) is 12.6 Å². The maximum Gasteiger partial charge on any atom is 0.329 e. The van der Waals surface area contributed by atoms with Crippen LogP contribution < -0.4 is 21.3 Å². The fourth-order valence-electron chi connectivity index (χ4n) is 7.27. The molecule has 0 aromatic rings. The molecule has 0 aromatic carbocycles. The predicted octanol–water partition coefficient (Wildman–Crippen LogP) is -3.83. The van der Waals surface area contributed by atoms with Gasteiger partial charge in [-0.3, -0.25) is 28.8 Å². The van der Waals surface area contributed by atoms with Crippen LogP contribution in [0.3, 0.4) is 0 Å². The molecule has 1 unspecified atom stereocenters. The molecule has 0 radical (unpaired) electrons. The zero-order valence-corrected chi connectivity index (χ0v) is 41.0. The maximum atomic E-state index is 13.3. The first-order valence-electron chi connectivity index (χ1n) is 24.2. The van der Waals surface area contributed by atoms with Crippen LogP contribution in [0.5, 0.6) is 0 Å². The fourth-order valence-corrected chi connectivity index (χ4v) is 7.27. The van der Waals surface area contributed by atoms with E-state index in [1.165, 1.54) is 4.90 Å². The summed E-state index contributed by atoms with van der Waals surface area (Å²) in [5.41, 5.74) is -0.881. The van der Waals surface area contributed by atoms with Gasteiger partial charge < -0.3 is 95.8 Å². The molecule has 2 aliphatic heterocycles. The summed E-state index contributed by atoms with van der Waals surface area (Å²) in [4.78, 5) is 88.1. The molecule has 2 heterocycles. The van der Waals surface area contributed by atoms with Crippen LogP contribution in [0.2, 0.25) is 0 Å². The smallest absolute Gasteiger partial charge is 0.329 e. The zero-order chi connectivity index (χ0) is 53.1. The summed E-state index contributed by atoms with van der Waals surface area (Å²) in [6.07, 6.45) is -10.9. The number of hydrogen-bond donors (Lipinski definition) is 13. The molecule has 2 saturated heterocycles. The number of nitrogens with one attached hydrogen (secondary N) is 4. The lowest BCUT2D eigenvalue weighted by Gasteiger charge is -2.40. The molecular weight excluding hydrogens is 947 g/mol. The van der Waals surface area contributed by atoms with E-state index in [1.807, 2.05) is 0 Å². The fraction of sp³-hybridized carbons (Fsp3) is 0.844. The third-order valence-corrected chi connectivity index (χ3v) is 11.3. The summed E-state index contributed by atoms with van der Waals surface area (Å²) in [5, 5.41) is 99.0. The highest BCUT2D eigenvalue weighted by molar-refractivity contribution is 5.89. The van der Waals surface area contributed by atoms with Gasteiger partial charge in [0.1, 0.15) is 60.5 Å². The van der Waals surface area contributed by atoms with Crippen molar-refractivity contribution < 1.29 is 103 Å². The van der Waals surface area contributed by atoms with Crippen LogP contribution in [-0.2, 0) is 57.2 Å². The molecule has 2 fully saturated rings. The standard InChI is InChI=1S/C45H79N5O21/c1-45(2,3)71-42(66)27(49-33(56)24-48-31(54)12-7-4-5-9-15-35(58)59)16-17-32(55)47-19-11-13-30(53)46-18-10-6-8-14-34(57)50(20-22-67-43-40(64)38(62)36(60)28(25-51)69-43)21-23-68-44-41(65)39(63)37(61)29(26-52)70-44/h27-29,36-41,43-44,51-52,60-65H,4-26H2,1-3H3,(H,46,53)(H,47,55)(H,48,54)(H,49,56)(H,58,59)/t27?,28-,29-,36-,37-,38+,39+,40+,41+,43+,44+/m1/s1. The summed E-state index contributed by atoms with van der Waals surface area (Å²) in [6.45, 7) is 3.03. The van der Waals surface area contributed by atoms with Crippen molar-refractivity contribution in [2.75, 3.05) is 59.2 Å². The second kappa shape index (κ2) is 33.5. The van der Waals surface area contributed by atoms with E-state index < -0.39 is 117 Å². The monoisotopic (exact) mass is 1030 g/mol. The Balaban J connectivity index is 1.75. The Morgan fingerprint density at radius 3 is 1.55 bits per heavy atom. The summed E-state index contributed by atoms with van der Waals surface area (Å²) in [6, 6.07) is -1.18. The van der Waals surface area contributed by atoms with Crippen molar-refractivity contribution in [3.63, 3.8) is 0 Å². The summed E-state index contributed by atoms with van der Waals surface area (Å²) in [5.74, 6) is -3.72. The van der Waals surface area contributed by atoms with Gasteiger partial charge in [-0.2, -0.15) is 0 Å². The lowest BCUT2D eigenvalue weighted by Crippen LogP contribution is -2.59. The van der Waals surface area contributed by atoms with E-state index in [0.29, 0.717) is 57.9 Å². The van der Waals surface area contributed by atoms with Gasteiger partial charge in [-0.1, -0.05) is 19.3 Å². The Bertz CT molecular complexity index is 1590. The first kappa shape index (κ1) is 62.9. The molecule has 13 N–H and O–H groups in total. The number of rotatable bonds is 34. The van der Waals surface area contributed by atoms with Crippen molar-refractivity contribution >= 4 is 41.5 Å². The molecule has 2 rings (SSSR count). The van der Waals surface area contributed by atoms with E-state index in [4.69, 9.17) is 28.8 Å². The number of hydrogen-bond acceptors (Lipinski definition) is 20. The molecule has 26 nitrogen and oxygen atoms in total. The molecule has 11 atom stereocenters. The predicted molar refractivity (Wildman–Crippen MR) is 245 cm³/mol. The Kier molecular flexibility index (Phi) is 29.7. The number of aliphatic carboxylic acids is 1. The molecule has 0 spiro atoms. The molecule has 0 aromatic heterocycles. The molecular formula is C45H79N5O21. The highest BCUT2D eigenvalue weighted by Crippen LogP contribution is 2.23. The molecule has 0 aliphatic carbocycles. The Morgan fingerprint density at radius 2 is 1.03 bits per heavy atom. The molecule has 410 valence electrons. The number of unbranched alkanes of at least 4 members (excludes halogenated alkanes) is 5. The van der Waals surface area contributed by atoms with Gasteiger partial charge in [-0.05, 0) is 59.3 Å². The van der Waals surface area contributed by atoms with E-state index in [9.17, 15) is 74.4 Å². The number of carboxylic acids is 1. The molecule has 71 heavy (non-hydrogen) atoms. The van der Waals surface area contributed by atoms with Crippen LogP contribution in [0, 0.1) is 0 Å².